The SMILES string of the molecule is Nc1ccc(C(=O)NC23CC4CC(CC(C4)C2)C3)c(N)c1. The van der Waals surface area contributed by atoms with Crippen molar-refractivity contribution in [2.24, 2.45) is 17.8 Å². The molecule has 112 valence electrons. The fraction of sp³-hybridized carbons (Fsp3) is 0.588. The lowest BCUT2D eigenvalue weighted by Crippen LogP contribution is -2.59. The van der Waals surface area contributed by atoms with Crippen molar-refractivity contribution in [1.29, 1.82) is 0 Å². The lowest BCUT2D eigenvalue weighted by atomic mass is 9.53. The molecule has 1 aromatic carbocycles. The summed E-state index contributed by atoms with van der Waals surface area (Å²) < 4.78 is 0. The minimum absolute atomic E-state index is 0.0274. The van der Waals surface area contributed by atoms with Gasteiger partial charge in [0.1, 0.15) is 0 Å². The maximum absolute atomic E-state index is 12.6. The van der Waals surface area contributed by atoms with Crippen molar-refractivity contribution in [2.45, 2.75) is 44.1 Å². The van der Waals surface area contributed by atoms with Gasteiger partial charge in [-0.3, -0.25) is 4.79 Å². The van der Waals surface area contributed by atoms with Crippen molar-refractivity contribution in [3.8, 4) is 0 Å². The number of carbonyl (C=O) groups excluding carboxylic acids is 1. The van der Waals surface area contributed by atoms with Crippen LogP contribution in [-0.2, 0) is 0 Å². The van der Waals surface area contributed by atoms with Crippen LogP contribution in [0.5, 0.6) is 0 Å². The van der Waals surface area contributed by atoms with E-state index in [1.165, 1.54) is 19.3 Å². The molecule has 5 N–H and O–H groups in total. The number of amides is 1. The minimum atomic E-state index is -0.0329. The zero-order valence-corrected chi connectivity index (χ0v) is 12.3. The fourth-order valence-corrected chi connectivity index (χ4v) is 5.36. The van der Waals surface area contributed by atoms with Gasteiger partial charge in [-0.2, -0.15) is 0 Å². The van der Waals surface area contributed by atoms with Crippen LogP contribution in [0.3, 0.4) is 0 Å². The third kappa shape index (κ3) is 2.17. The van der Waals surface area contributed by atoms with Gasteiger partial charge in [0.2, 0.25) is 0 Å². The van der Waals surface area contributed by atoms with E-state index in [2.05, 4.69) is 5.32 Å². The average molecular weight is 285 g/mol. The van der Waals surface area contributed by atoms with Crippen LogP contribution < -0.4 is 16.8 Å². The van der Waals surface area contributed by atoms with E-state index in [4.69, 9.17) is 11.5 Å². The second kappa shape index (κ2) is 4.39. The van der Waals surface area contributed by atoms with Gasteiger partial charge in [-0.15, -0.1) is 0 Å². The van der Waals surface area contributed by atoms with Gasteiger partial charge in [0.05, 0.1) is 5.56 Å². The molecule has 4 heteroatoms. The number of anilines is 2. The molecule has 21 heavy (non-hydrogen) atoms. The summed E-state index contributed by atoms with van der Waals surface area (Å²) in [6.07, 6.45) is 7.58. The molecule has 1 amide bonds. The molecule has 4 fully saturated rings. The van der Waals surface area contributed by atoms with Gasteiger partial charge in [0.15, 0.2) is 0 Å². The van der Waals surface area contributed by atoms with Gasteiger partial charge in [-0.1, -0.05) is 0 Å². The van der Waals surface area contributed by atoms with E-state index in [0.717, 1.165) is 37.0 Å². The molecular formula is C17H23N3O. The smallest absolute Gasteiger partial charge is 0.253 e. The lowest BCUT2D eigenvalue weighted by Gasteiger charge is -2.56. The molecule has 4 bridgehead atoms. The van der Waals surface area contributed by atoms with E-state index in [1.807, 2.05) is 0 Å². The molecule has 4 aliphatic carbocycles. The van der Waals surface area contributed by atoms with Crippen molar-refractivity contribution >= 4 is 17.3 Å². The zero-order valence-electron chi connectivity index (χ0n) is 12.3. The van der Waals surface area contributed by atoms with Crippen molar-refractivity contribution in [1.82, 2.24) is 5.32 Å². The Hall–Kier alpha value is -1.71. The Morgan fingerprint density at radius 2 is 1.62 bits per heavy atom. The molecule has 0 atom stereocenters. The average Bonchev–Trinajstić information content (AvgIpc) is 2.35. The first-order chi connectivity index (χ1) is 10.0. The predicted octanol–water partition coefficient (Wildman–Crippen LogP) is 2.55. The normalized spacial score (nSPS) is 36.7. The second-order valence-electron chi connectivity index (χ2n) is 7.50. The number of hydrogen-bond acceptors (Lipinski definition) is 3. The van der Waals surface area contributed by atoms with Crippen molar-refractivity contribution < 1.29 is 4.79 Å². The summed E-state index contributed by atoms with van der Waals surface area (Å²) in [6, 6.07) is 5.14. The third-order valence-electron chi connectivity index (χ3n) is 5.74. The maximum Gasteiger partial charge on any atom is 0.253 e. The Bertz CT molecular complexity index is 560. The molecule has 4 aliphatic rings. The van der Waals surface area contributed by atoms with E-state index in [-0.39, 0.29) is 11.4 Å². The van der Waals surface area contributed by atoms with Crippen LogP contribution in [-0.4, -0.2) is 11.4 Å². The molecule has 5 rings (SSSR count). The van der Waals surface area contributed by atoms with E-state index in [9.17, 15) is 4.79 Å². The summed E-state index contributed by atoms with van der Waals surface area (Å²) in [5.41, 5.74) is 13.3. The predicted molar refractivity (Wildman–Crippen MR) is 83.6 cm³/mol. The van der Waals surface area contributed by atoms with Crippen LogP contribution in [0.25, 0.3) is 0 Å². The Kier molecular flexibility index (Phi) is 2.72. The summed E-state index contributed by atoms with van der Waals surface area (Å²) >= 11 is 0. The molecule has 0 radical (unpaired) electrons. The summed E-state index contributed by atoms with van der Waals surface area (Å²) in [6.45, 7) is 0. The summed E-state index contributed by atoms with van der Waals surface area (Å²) in [5, 5.41) is 3.34. The molecule has 0 aliphatic heterocycles. The van der Waals surface area contributed by atoms with Crippen molar-refractivity contribution in [3.05, 3.63) is 23.8 Å². The molecule has 0 unspecified atom stereocenters. The minimum Gasteiger partial charge on any atom is -0.399 e. The number of nitrogen functional groups attached to an aromatic ring is 2. The largest absolute Gasteiger partial charge is 0.399 e. The fourth-order valence-electron chi connectivity index (χ4n) is 5.36. The Morgan fingerprint density at radius 1 is 1.05 bits per heavy atom. The molecule has 0 spiro atoms. The zero-order chi connectivity index (χ0) is 14.6. The molecule has 1 aromatic rings. The Labute approximate surface area is 125 Å². The van der Waals surface area contributed by atoms with Crippen LogP contribution in [0.2, 0.25) is 0 Å². The van der Waals surface area contributed by atoms with Crippen molar-refractivity contribution in [3.63, 3.8) is 0 Å². The van der Waals surface area contributed by atoms with Crippen LogP contribution in [0.1, 0.15) is 48.9 Å². The number of nitrogens with two attached hydrogens (primary N) is 2. The first-order valence-electron chi connectivity index (χ1n) is 8.00. The molecule has 0 heterocycles. The number of benzene rings is 1. The van der Waals surface area contributed by atoms with Gasteiger partial charge in [0, 0.05) is 16.9 Å². The third-order valence-corrected chi connectivity index (χ3v) is 5.74. The summed E-state index contributed by atoms with van der Waals surface area (Å²) in [4.78, 5) is 12.6. The molecule has 0 aromatic heterocycles. The van der Waals surface area contributed by atoms with Gasteiger partial charge >= 0.3 is 0 Å². The highest BCUT2D eigenvalue weighted by molar-refractivity contribution is 6.00. The van der Waals surface area contributed by atoms with Crippen LogP contribution in [0.4, 0.5) is 11.4 Å². The highest BCUT2D eigenvalue weighted by Crippen LogP contribution is 2.55. The molecule has 0 saturated heterocycles. The van der Waals surface area contributed by atoms with Crippen molar-refractivity contribution in [2.75, 3.05) is 11.5 Å². The highest BCUT2D eigenvalue weighted by atomic mass is 16.1. The van der Waals surface area contributed by atoms with Crippen LogP contribution in [0, 0.1) is 17.8 Å². The second-order valence-corrected chi connectivity index (χ2v) is 7.50. The van der Waals surface area contributed by atoms with E-state index in [1.54, 1.807) is 18.2 Å². The first kappa shape index (κ1) is 13.0. The van der Waals surface area contributed by atoms with E-state index in [0.29, 0.717) is 16.9 Å². The van der Waals surface area contributed by atoms with Gasteiger partial charge in [-0.25, -0.2) is 0 Å². The van der Waals surface area contributed by atoms with Gasteiger partial charge in [-0.05, 0) is 74.5 Å². The first-order valence-corrected chi connectivity index (χ1v) is 8.00. The maximum atomic E-state index is 12.6. The molecule has 4 nitrogen and oxygen atoms in total. The van der Waals surface area contributed by atoms with Gasteiger partial charge < -0.3 is 16.8 Å². The topological polar surface area (TPSA) is 81.1 Å². The number of hydrogen-bond donors (Lipinski definition) is 3. The number of nitrogens with one attached hydrogen (secondary N) is 1. The van der Waals surface area contributed by atoms with Crippen LogP contribution in [0.15, 0.2) is 18.2 Å². The summed E-state index contributed by atoms with van der Waals surface area (Å²) in [7, 11) is 0. The number of rotatable bonds is 2. The van der Waals surface area contributed by atoms with E-state index < -0.39 is 0 Å². The monoisotopic (exact) mass is 285 g/mol. The summed E-state index contributed by atoms with van der Waals surface area (Å²) in [5.74, 6) is 2.43. The standard InChI is InChI=1S/C17H23N3O/c18-13-1-2-14(15(19)6-13)16(21)20-17-7-10-3-11(8-17)5-12(4-10)9-17/h1-2,6,10-12H,3-5,7-9,18-19H2,(H,20,21). The quantitative estimate of drug-likeness (QED) is 0.730. The Balaban J connectivity index is 1.57. The molecule has 4 saturated carbocycles. The van der Waals surface area contributed by atoms with Gasteiger partial charge in [0.25, 0.3) is 5.91 Å². The number of carbonyl (C=O) groups is 1. The van der Waals surface area contributed by atoms with Crippen LogP contribution >= 0.6 is 0 Å². The molecular weight excluding hydrogens is 262 g/mol. The Morgan fingerprint density at radius 3 is 2.14 bits per heavy atom. The highest BCUT2D eigenvalue weighted by Gasteiger charge is 2.51. The van der Waals surface area contributed by atoms with E-state index >= 15 is 0 Å². The lowest BCUT2D eigenvalue weighted by molar-refractivity contribution is -0.0166.